The van der Waals surface area contributed by atoms with Crippen molar-refractivity contribution in [2.24, 2.45) is 5.92 Å². The maximum absolute atomic E-state index is 12.7. The van der Waals surface area contributed by atoms with Crippen LogP contribution in [0.5, 0.6) is 0 Å². The van der Waals surface area contributed by atoms with E-state index in [2.05, 4.69) is 5.32 Å². The maximum atomic E-state index is 12.7. The van der Waals surface area contributed by atoms with Crippen molar-refractivity contribution in [2.75, 3.05) is 23.0 Å². The molecule has 0 spiro atoms. The molecule has 130 valence electrons. The van der Waals surface area contributed by atoms with Gasteiger partial charge in [-0.1, -0.05) is 18.2 Å². The maximum Gasteiger partial charge on any atom is 0.239 e. The molecule has 1 unspecified atom stereocenters. The van der Waals surface area contributed by atoms with E-state index < -0.39 is 5.92 Å². The van der Waals surface area contributed by atoms with E-state index in [0.29, 0.717) is 13.0 Å². The minimum Gasteiger partial charge on any atom is -0.324 e. The Morgan fingerprint density at radius 1 is 1.16 bits per heavy atom. The summed E-state index contributed by atoms with van der Waals surface area (Å²) in [6, 6.07) is 13.6. The smallest absolute Gasteiger partial charge is 0.239 e. The zero-order chi connectivity index (χ0) is 18.0. The van der Waals surface area contributed by atoms with E-state index in [1.807, 2.05) is 62.6 Å². The van der Waals surface area contributed by atoms with Gasteiger partial charge in [0, 0.05) is 17.1 Å². The fourth-order valence-electron chi connectivity index (χ4n) is 3.04. The molecule has 1 N–H and O–H groups in total. The van der Waals surface area contributed by atoms with Gasteiger partial charge in [-0.05, 0) is 61.9 Å². The highest BCUT2D eigenvalue weighted by molar-refractivity contribution is 7.98. The van der Waals surface area contributed by atoms with Crippen LogP contribution in [0.1, 0.15) is 17.5 Å². The van der Waals surface area contributed by atoms with Gasteiger partial charge in [0.15, 0.2) is 0 Å². The number of para-hydroxylation sites is 1. The van der Waals surface area contributed by atoms with Gasteiger partial charge in [0.1, 0.15) is 5.92 Å². The Hall–Kier alpha value is -2.27. The van der Waals surface area contributed by atoms with E-state index in [-0.39, 0.29) is 11.8 Å². The summed E-state index contributed by atoms with van der Waals surface area (Å²) in [4.78, 5) is 28.1. The topological polar surface area (TPSA) is 49.4 Å². The molecule has 0 bridgehead atoms. The fourth-order valence-corrected chi connectivity index (χ4v) is 3.59. The predicted octanol–water partition coefficient (Wildman–Crippen LogP) is 4.02. The second-order valence-corrected chi connectivity index (χ2v) is 7.14. The Labute approximate surface area is 152 Å². The van der Waals surface area contributed by atoms with Crippen molar-refractivity contribution in [3.05, 3.63) is 53.6 Å². The highest BCUT2D eigenvalue weighted by Gasteiger charge is 2.37. The van der Waals surface area contributed by atoms with Gasteiger partial charge in [0.05, 0.1) is 5.69 Å². The van der Waals surface area contributed by atoms with Gasteiger partial charge in [-0.3, -0.25) is 9.59 Å². The molecular formula is C20H22N2O2S. The average molecular weight is 354 g/mol. The number of nitrogens with zero attached hydrogens (tertiary/aromatic N) is 1. The number of hydrogen-bond acceptors (Lipinski definition) is 3. The molecular weight excluding hydrogens is 332 g/mol. The number of carbonyl (C=O) groups is 2. The van der Waals surface area contributed by atoms with Gasteiger partial charge < -0.3 is 10.2 Å². The molecule has 5 heteroatoms. The van der Waals surface area contributed by atoms with E-state index in [9.17, 15) is 9.59 Å². The van der Waals surface area contributed by atoms with Crippen LogP contribution in [-0.4, -0.2) is 24.6 Å². The van der Waals surface area contributed by atoms with Gasteiger partial charge >= 0.3 is 0 Å². The lowest BCUT2D eigenvalue weighted by Gasteiger charge is -2.18. The van der Waals surface area contributed by atoms with Crippen molar-refractivity contribution < 1.29 is 9.59 Å². The third kappa shape index (κ3) is 3.56. The zero-order valence-electron chi connectivity index (χ0n) is 14.7. The van der Waals surface area contributed by atoms with Crippen LogP contribution in [0.2, 0.25) is 0 Å². The first-order valence-corrected chi connectivity index (χ1v) is 9.56. The van der Waals surface area contributed by atoms with Gasteiger partial charge in [-0.25, -0.2) is 0 Å². The summed E-state index contributed by atoms with van der Waals surface area (Å²) in [5.74, 6) is -0.975. The summed E-state index contributed by atoms with van der Waals surface area (Å²) in [5.41, 5.74) is 3.97. The molecule has 0 aromatic heterocycles. The minimum atomic E-state index is -0.628. The van der Waals surface area contributed by atoms with Crippen molar-refractivity contribution in [2.45, 2.75) is 25.2 Å². The Morgan fingerprint density at radius 3 is 2.64 bits per heavy atom. The molecule has 0 saturated carbocycles. The summed E-state index contributed by atoms with van der Waals surface area (Å²) in [6.45, 7) is 4.65. The average Bonchev–Trinajstić information content (AvgIpc) is 2.99. The van der Waals surface area contributed by atoms with Crippen LogP contribution in [0.4, 0.5) is 11.4 Å². The third-order valence-corrected chi connectivity index (χ3v) is 5.48. The van der Waals surface area contributed by atoms with Crippen molar-refractivity contribution in [1.29, 1.82) is 0 Å². The van der Waals surface area contributed by atoms with Crippen LogP contribution in [-0.2, 0) is 9.59 Å². The van der Waals surface area contributed by atoms with Gasteiger partial charge in [0.2, 0.25) is 11.8 Å². The number of aryl methyl sites for hydroxylation is 2. The van der Waals surface area contributed by atoms with Crippen molar-refractivity contribution >= 4 is 35.0 Å². The van der Waals surface area contributed by atoms with Crippen LogP contribution in [0.25, 0.3) is 0 Å². The highest BCUT2D eigenvalue weighted by Crippen LogP contribution is 2.29. The van der Waals surface area contributed by atoms with Crippen molar-refractivity contribution in [1.82, 2.24) is 0 Å². The SMILES string of the molecule is CSc1ccccc1NC(=O)C1CCN(c2ccc(C)c(C)c2)C1=O. The molecule has 1 aliphatic heterocycles. The molecule has 3 rings (SSSR count). The predicted molar refractivity (Wildman–Crippen MR) is 103 cm³/mol. The number of benzene rings is 2. The molecule has 0 aliphatic carbocycles. The fraction of sp³-hybridized carbons (Fsp3) is 0.300. The number of rotatable bonds is 4. The molecule has 1 atom stereocenters. The minimum absolute atomic E-state index is 0.123. The molecule has 0 radical (unpaired) electrons. The van der Waals surface area contributed by atoms with E-state index in [0.717, 1.165) is 21.8 Å². The lowest BCUT2D eigenvalue weighted by Crippen LogP contribution is -2.33. The lowest BCUT2D eigenvalue weighted by molar-refractivity contribution is -0.129. The molecule has 2 aromatic rings. The molecule has 2 aromatic carbocycles. The Balaban J connectivity index is 1.75. The van der Waals surface area contributed by atoms with E-state index in [4.69, 9.17) is 0 Å². The van der Waals surface area contributed by atoms with Crippen LogP contribution in [0.3, 0.4) is 0 Å². The second kappa shape index (κ2) is 7.31. The monoisotopic (exact) mass is 354 g/mol. The summed E-state index contributed by atoms with van der Waals surface area (Å²) in [7, 11) is 0. The summed E-state index contributed by atoms with van der Waals surface area (Å²) in [6.07, 6.45) is 2.51. The number of amides is 2. The van der Waals surface area contributed by atoms with Crippen LogP contribution in [0, 0.1) is 19.8 Å². The summed E-state index contributed by atoms with van der Waals surface area (Å²) in [5, 5.41) is 2.92. The van der Waals surface area contributed by atoms with Crippen molar-refractivity contribution in [3.63, 3.8) is 0 Å². The van der Waals surface area contributed by atoms with Crippen molar-refractivity contribution in [3.8, 4) is 0 Å². The second-order valence-electron chi connectivity index (χ2n) is 6.29. The summed E-state index contributed by atoms with van der Waals surface area (Å²) < 4.78 is 0. The molecule has 25 heavy (non-hydrogen) atoms. The largest absolute Gasteiger partial charge is 0.324 e. The highest BCUT2D eigenvalue weighted by atomic mass is 32.2. The number of anilines is 2. The number of thioether (sulfide) groups is 1. The van der Waals surface area contributed by atoms with Gasteiger partial charge in [-0.2, -0.15) is 0 Å². The molecule has 1 fully saturated rings. The molecule has 1 saturated heterocycles. The summed E-state index contributed by atoms with van der Waals surface area (Å²) >= 11 is 1.57. The molecule has 1 heterocycles. The lowest BCUT2D eigenvalue weighted by atomic mass is 10.1. The van der Waals surface area contributed by atoms with Gasteiger partial charge in [-0.15, -0.1) is 11.8 Å². The molecule has 1 aliphatic rings. The first kappa shape index (κ1) is 17.5. The van der Waals surface area contributed by atoms with E-state index >= 15 is 0 Å². The van der Waals surface area contributed by atoms with Gasteiger partial charge in [0.25, 0.3) is 0 Å². The first-order valence-electron chi connectivity index (χ1n) is 8.34. The van der Waals surface area contributed by atoms with E-state index in [1.54, 1.807) is 16.7 Å². The number of nitrogens with one attached hydrogen (secondary N) is 1. The normalized spacial score (nSPS) is 17.0. The Bertz CT molecular complexity index is 819. The standard InChI is InChI=1S/C20H22N2O2S/c1-13-8-9-15(12-14(13)2)22-11-10-16(20(22)24)19(23)21-17-6-4-5-7-18(17)25-3/h4-9,12,16H,10-11H2,1-3H3,(H,21,23). The molecule has 2 amide bonds. The van der Waals surface area contributed by atoms with E-state index in [1.165, 1.54) is 5.56 Å². The van der Waals surface area contributed by atoms with Crippen LogP contribution in [0.15, 0.2) is 47.4 Å². The third-order valence-electron chi connectivity index (χ3n) is 4.69. The Morgan fingerprint density at radius 2 is 1.92 bits per heavy atom. The first-order chi connectivity index (χ1) is 12.0. The number of hydrogen-bond donors (Lipinski definition) is 1. The zero-order valence-corrected chi connectivity index (χ0v) is 15.5. The van der Waals surface area contributed by atoms with Crippen LogP contribution >= 0.6 is 11.8 Å². The quantitative estimate of drug-likeness (QED) is 0.666. The number of carbonyl (C=O) groups excluding carboxylic acids is 2. The van der Waals surface area contributed by atoms with Crippen LogP contribution < -0.4 is 10.2 Å². The Kier molecular flexibility index (Phi) is 5.13. The molecule has 4 nitrogen and oxygen atoms in total.